The molecule has 21 heavy (non-hydrogen) atoms. The molecule has 0 fully saturated rings. The van der Waals surface area contributed by atoms with Gasteiger partial charge in [0.25, 0.3) is 0 Å². The van der Waals surface area contributed by atoms with Gasteiger partial charge in [-0.2, -0.15) is 4.98 Å². The smallest absolute Gasteiger partial charge is 0.231 e. The number of nitrogens with zero attached hydrogens (tertiary/aromatic N) is 2. The standard InChI is InChI=1S/C15H19ClFN3O/c1-8(2)13(9(3)18)15-19-12(20-21-15)7-10-5-4-6-11(16)14(10)17/h4-6,8-9,13H,7,18H2,1-3H3. The molecular formula is C15H19ClFN3O. The Hall–Kier alpha value is -1.46. The van der Waals surface area contributed by atoms with Gasteiger partial charge >= 0.3 is 0 Å². The number of halogens is 2. The van der Waals surface area contributed by atoms with Crippen LogP contribution in [0.3, 0.4) is 0 Å². The monoisotopic (exact) mass is 311 g/mol. The van der Waals surface area contributed by atoms with Gasteiger partial charge in [-0.1, -0.05) is 42.7 Å². The minimum atomic E-state index is -0.446. The summed E-state index contributed by atoms with van der Waals surface area (Å²) in [5, 5.41) is 4.01. The summed E-state index contributed by atoms with van der Waals surface area (Å²) >= 11 is 5.76. The van der Waals surface area contributed by atoms with E-state index in [1.807, 2.05) is 6.92 Å². The van der Waals surface area contributed by atoms with Crippen LogP contribution in [0.5, 0.6) is 0 Å². The summed E-state index contributed by atoms with van der Waals surface area (Å²) in [5.74, 6) is 0.740. The Morgan fingerprint density at radius 1 is 1.33 bits per heavy atom. The number of hydrogen-bond donors (Lipinski definition) is 1. The van der Waals surface area contributed by atoms with Crippen molar-refractivity contribution in [2.24, 2.45) is 11.7 Å². The highest BCUT2D eigenvalue weighted by Crippen LogP contribution is 2.26. The van der Waals surface area contributed by atoms with E-state index in [1.165, 1.54) is 6.07 Å². The molecule has 0 saturated heterocycles. The lowest BCUT2D eigenvalue weighted by molar-refractivity contribution is 0.298. The largest absolute Gasteiger partial charge is 0.339 e. The SMILES string of the molecule is CC(C)C(c1nc(Cc2cccc(Cl)c2F)no1)C(C)N. The zero-order chi connectivity index (χ0) is 15.6. The molecule has 2 rings (SSSR count). The lowest BCUT2D eigenvalue weighted by Gasteiger charge is -2.20. The Labute approximate surface area is 128 Å². The van der Waals surface area contributed by atoms with Crippen LogP contribution in [0.4, 0.5) is 4.39 Å². The Balaban J connectivity index is 2.22. The molecule has 0 aliphatic carbocycles. The quantitative estimate of drug-likeness (QED) is 0.917. The lowest BCUT2D eigenvalue weighted by Crippen LogP contribution is -2.28. The molecular weight excluding hydrogens is 293 g/mol. The van der Waals surface area contributed by atoms with Crippen LogP contribution in [0.1, 0.15) is 44.0 Å². The molecule has 0 radical (unpaired) electrons. The number of rotatable bonds is 5. The van der Waals surface area contributed by atoms with Gasteiger partial charge in [0.15, 0.2) is 5.82 Å². The van der Waals surface area contributed by atoms with Crippen molar-refractivity contribution in [3.63, 3.8) is 0 Å². The summed E-state index contributed by atoms with van der Waals surface area (Å²) in [7, 11) is 0. The van der Waals surface area contributed by atoms with Crippen molar-refractivity contribution in [3.8, 4) is 0 Å². The van der Waals surface area contributed by atoms with E-state index >= 15 is 0 Å². The molecule has 0 amide bonds. The molecule has 4 nitrogen and oxygen atoms in total. The normalized spacial score (nSPS) is 14.4. The Bertz CT molecular complexity index is 605. The molecule has 0 saturated carbocycles. The fraction of sp³-hybridized carbons (Fsp3) is 0.467. The summed E-state index contributed by atoms with van der Waals surface area (Å²) < 4.78 is 19.2. The van der Waals surface area contributed by atoms with E-state index in [0.717, 1.165) is 0 Å². The maximum absolute atomic E-state index is 13.9. The summed E-state index contributed by atoms with van der Waals surface area (Å²) in [6.45, 7) is 6.01. The molecule has 114 valence electrons. The van der Waals surface area contributed by atoms with Crippen LogP contribution in [0.15, 0.2) is 22.7 Å². The van der Waals surface area contributed by atoms with E-state index in [1.54, 1.807) is 12.1 Å². The predicted molar refractivity (Wildman–Crippen MR) is 79.7 cm³/mol. The first-order chi connectivity index (χ1) is 9.90. The van der Waals surface area contributed by atoms with E-state index in [-0.39, 0.29) is 29.3 Å². The summed E-state index contributed by atoms with van der Waals surface area (Å²) in [4.78, 5) is 4.35. The van der Waals surface area contributed by atoms with Crippen LogP contribution >= 0.6 is 11.6 Å². The number of aromatic nitrogens is 2. The fourth-order valence-corrected chi connectivity index (χ4v) is 2.64. The first kappa shape index (κ1) is 15.9. The molecule has 0 bridgehead atoms. The van der Waals surface area contributed by atoms with Crippen molar-refractivity contribution >= 4 is 11.6 Å². The van der Waals surface area contributed by atoms with E-state index in [9.17, 15) is 4.39 Å². The lowest BCUT2D eigenvalue weighted by atomic mass is 9.90. The maximum Gasteiger partial charge on any atom is 0.231 e. The number of benzene rings is 1. The minimum Gasteiger partial charge on any atom is -0.339 e. The van der Waals surface area contributed by atoms with Crippen LogP contribution in [-0.2, 0) is 6.42 Å². The van der Waals surface area contributed by atoms with E-state index in [0.29, 0.717) is 17.3 Å². The van der Waals surface area contributed by atoms with Crippen LogP contribution < -0.4 is 5.73 Å². The Morgan fingerprint density at radius 3 is 2.67 bits per heavy atom. The third kappa shape index (κ3) is 3.60. The number of nitrogens with two attached hydrogens (primary N) is 1. The van der Waals surface area contributed by atoms with Gasteiger partial charge in [-0.15, -0.1) is 0 Å². The first-order valence-corrected chi connectivity index (χ1v) is 7.29. The second-order valence-corrected chi connectivity index (χ2v) is 5.97. The van der Waals surface area contributed by atoms with Gasteiger partial charge in [0, 0.05) is 12.5 Å². The molecule has 0 aliphatic rings. The molecule has 2 aromatic rings. The minimum absolute atomic E-state index is 0.0181. The van der Waals surface area contributed by atoms with Crippen molar-refractivity contribution < 1.29 is 8.91 Å². The van der Waals surface area contributed by atoms with E-state index in [4.69, 9.17) is 21.9 Å². The molecule has 1 heterocycles. The van der Waals surface area contributed by atoms with Gasteiger partial charge in [-0.25, -0.2) is 4.39 Å². The highest BCUT2D eigenvalue weighted by atomic mass is 35.5. The van der Waals surface area contributed by atoms with Gasteiger partial charge in [0.2, 0.25) is 5.89 Å². The molecule has 1 aromatic carbocycles. The van der Waals surface area contributed by atoms with Gasteiger partial charge in [-0.05, 0) is 24.5 Å². The van der Waals surface area contributed by atoms with Crippen molar-refractivity contribution in [2.75, 3.05) is 0 Å². The average Bonchev–Trinajstić information content (AvgIpc) is 2.82. The van der Waals surface area contributed by atoms with Gasteiger partial charge in [-0.3, -0.25) is 0 Å². The van der Waals surface area contributed by atoms with Crippen molar-refractivity contribution in [1.29, 1.82) is 0 Å². The second-order valence-electron chi connectivity index (χ2n) is 5.57. The third-order valence-corrected chi connectivity index (χ3v) is 3.73. The molecule has 0 spiro atoms. The molecule has 1 aromatic heterocycles. The highest BCUT2D eigenvalue weighted by Gasteiger charge is 2.26. The summed E-state index contributed by atoms with van der Waals surface area (Å²) in [6.07, 6.45) is 0.236. The average molecular weight is 312 g/mol. The summed E-state index contributed by atoms with van der Waals surface area (Å²) in [5.41, 5.74) is 6.41. The van der Waals surface area contributed by atoms with Crippen LogP contribution in [0.25, 0.3) is 0 Å². The Kier molecular flexibility index (Phi) is 4.96. The molecule has 0 aliphatic heterocycles. The topological polar surface area (TPSA) is 64.9 Å². The third-order valence-electron chi connectivity index (χ3n) is 3.43. The van der Waals surface area contributed by atoms with Crippen LogP contribution in [0.2, 0.25) is 5.02 Å². The van der Waals surface area contributed by atoms with Gasteiger partial charge < -0.3 is 10.3 Å². The second kappa shape index (κ2) is 6.54. The molecule has 2 atom stereocenters. The molecule has 2 unspecified atom stereocenters. The van der Waals surface area contributed by atoms with E-state index < -0.39 is 5.82 Å². The zero-order valence-corrected chi connectivity index (χ0v) is 13.1. The van der Waals surface area contributed by atoms with Crippen molar-refractivity contribution in [1.82, 2.24) is 10.1 Å². The predicted octanol–water partition coefficient (Wildman–Crippen LogP) is 3.54. The van der Waals surface area contributed by atoms with E-state index in [2.05, 4.69) is 24.0 Å². The van der Waals surface area contributed by atoms with Gasteiger partial charge in [0.1, 0.15) is 5.82 Å². The first-order valence-electron chi connectivity index (χ1n) is 6.91. The van der Waals surface area contributed by atoms with Crippen LogP contribution in [0, 0.1) is 11.7 Å². The van der Waals surface area contributed by atoms with Gasteiger partial charge in [0.05, 0.1) is 10.9 Å². The fourth-order valence-electron chi connectivity index (χ4n) is 2.45. The van der Waals surface area contributed by atoms with Crippen LogP contribution in [-0.4, -0.2) is 16.2 Å². The Morgan fingerprint density at radius 2 is 2.05 bits per heavy atom. The molecule has 6 heteroatoms. The zero-order valence-electron chi connectivity index (χ0n) is 12.3. The highest BCUT2D eigenvalue weighted by molar-refractivity contribution is 6.30. The van der Waals surface area contributed by atoms with Crippen molar-refractivity contribution in [3.05, 3.63) is 46.3 Å². The van der Waals surface area contributed by atoms with Crippen molar-refractivity contribution in [2.45, 2.75) is 39.2 Å². The number of hydrogen-bond acceptors (Lipinski definition) is 4. The summed E-state index contributed by atoms with van der Waals surface area (Å²) in [6, 6.07) is 4.76. The maximum atomic E-state index is 13.9. The molecule has 2 N–H and O–H groups in total.